The molecule has 0 radical (unpaired) electrons. The van der Waals surface area contributed by atoms with Gasteiger partial charge in [0.25, 0.3) is 0 Å². The van der Waals surface area contributed by atoms with Crippen molar-refractivity contribution >= 4 is 17.4 Å². The van der Waals surface area contributed by atoms with Gasteiger partial charge in [-0.25, -0.2) is 0 Å². The van der Waals surface area contributed by atoms with Crippen LogP contribution >= 0.6 is 11.6 Å². The number of aryl methyl sites for hydroxylation is 1. The van der Waals surface area contributed by atoms with Crippen LogP contribution in [-0.2, 0) is 6.42 Å². The molecular formula is C15H14ClNO. The van der Waals surface area contributed by atoms with Gasteiger partial charge in [-0.15, -0.1) is 0 Å². The van der Waals surface area contributed by atoms with Crippen molar-refractivity contribution in [3.05, 3.63) is 52.3 Å². The van der Waals surface area contributed by atoms with Crippen molar-refractivity contribution in [2.75, 3.05) is 0 Å². The molecule has 2 aromatic rings. The highest BCUT2D eigenvalue weighted by Crippen LogP contribution is 2.30. The van der Waals surface area contributed by atoms with Crippen LogP contribution < -0.4 is 0 Å². The van der Waals surface area contributed by atoms with Gasteiger partial charge in [0.1, 0.15) is 0 Å². The van der Waals surface area contributed by atoms with Gasteiger partial charge in [-0.1, -0.05) is 23.7 Å². The van der Waals surface area contributed by atoms with E-state index in [-0.39, 0.29) is 5.78 Å². The minimum absolute atomic E-state index is 0.255. The largest absolute Gasteiger partial charge is 0.316 e. The third kappa shape index (κ3) is 1.68. The van der Waals surface area contributed by atoms with Gasteiger partial charge in [-0.3, -0.25) is 4.79 Å². The first-order valence-corrected chi connectivity index (χ1v) is 6.55. The zero-order valence-electron chi connectivity index (χ0n) is 10.2. The van der Waals surface area contributed by atoms with Gasteiger partial charge < -0.3 is 4.57 Å². The lowest BCUT2D eigenvalue weighted by atomic mass is 9.96. The third-order valence-electron chi connectivity index (χ3n) is 3.50. The first-order chi connectivity index (χ1) is 8.68. The second kappa shape index (κ2) is 4.29. The number of hydrogen-bond acceptors (Lipinski definition) is 1. The topological polar surface area (TPSA) is 22.0 Å². The molecule has 0 unspecified atom stereocenters. The maximum absolute atomic E-state index is 11.9. The van der Waals surface area contributed by atoms with Crippen LogP contribution in [0.2, 0.25) is 5.02 Å². The molecule has 0 saturated carbocycles. The molecule has 2 nitrogen and oxygen atoms in total. The van der Waals surface area contributed by atoms with E-state index in [2.05, 4.69) is 4.57 Å². The Hall–Kier alpha value is -1.54. The smallest absolute Gasteiger partial charge is 0.164 e. The molecule has 1 heterocycles. The van der Waals surface area contributed by atoms with E-state index in [9.17, 15) is 4.79 Å². The number of rotatable bonds is 1. The number of ketones is 1. The van der Waals surface area contributed by atoms with Gasteiger partial charge in [0, 0.05) is 23.4 Å². The molecule has 0 atom stereocenters. The number of fused-ring (bicyclic) bond motifs is 1. The number of Topliss-reactive ketones (excluding diaryl/α,β-unsaturated/α-hetero) is 1. The summed E-state index contributed by atoms with van der Waals surface area (Å²) in [6, 6.07) is 9.75. The number of carbonyl (C=O) groups is 1. The average Bonchev–Trinajstić information content (AvgIpc) is 2.68. The Morgan fingerprint density at radius 1 is 1.22 bits per heavy atom. The Morgan fingerprint density at radius 3 is 2.78 bits per heavy atom. The summed E-state index contributed by atoms with van der Waals surface area (Å²) in [5, 5.41) is 0.719. The van der Waals surface area contributed by atoms with Crippen LogP contribution in [0.5, 0.6) is 0 Å². The van der Waals surface area contributed by atoms with Crippen LogP contribution in [0.15, 0.2) is 30.3 Å². The monoisotopic (exact) mass is 259 g/mol. The molecular weight excluding hydrogens is 246 g/mol. The van der Waals surface area contributed by atoms with E-state index in [1.54, 1.807) is 0 Å². The van der Waals surface area contributed by atoms with Crippen LogP contribution in [0.4, 0.5) is 0 Å². The Labute approximate surface area is 111 Å². The molecule has 0 N–H and O–H groups in total. The number of benzene rings is 1. The van der Waals surface area contributed by atoms with Crippen LogP contribution in [0, 0.1) is 6.92 Å². The summed E-state index contributed by atoms with van der Waals surface area (Å²) < 4.78 is 2.12. The summed E-state index contributed by atoms with van der Waals surface area (Å²) in [6.07, 6.45) is 2.54. The van der Waals surface area contributed by atoms with Crippen molar-refractivity contribution in [1.29, 1.82) is 0 Å². The predicted molar refractivity (Wildman–Crippen MR) is 72.8 cm³/mol. The lowest BCUT2D eigenvalue weighted by Crippen LogP contribution is -2.12. The zero-order valence-corrected chi connectivity index (χ0v) is 11.0. The fourth-order valence-electron chi connectivity index (χ4n) is 2.70. The Morgan fingerprint density at radius 2 is 2.00 bits per heavy atom. The van der Waals surface area contributed by atoms with Gasteiger partial charge in [-0.05, 0) is 38.0 Å². The molecule has 1 aliphatic carbocycles. The molecule has 3 rings (SSSR count). The number of carbonyl (C=O) groups excluding carboxylic acids is 1. The lowest BCUT2D eigenvalue weighted by Gasteiger charge is -2.16. The maximum Gasteiger partial charge on any atom is 0.164 e. The fraction of sp³-hybridized carbons (Fsp3) is 0.267. The lowest BCUT2D eigenvalue weighted by molar-refractivity contribution is 0.0972. The quantitative estimate of drug-likeness (QED) is 0.760. The van der Waals surface area contributed by atoms with E-state index < -0.39 is 0 Å². The van der Waals surface area contributed by atoms with Crippen molar-refractivity contribution in [3.63, 3.8) is 0 Å². The summed E-state index contributed by atoms with van der Waals surface area (Å²) in [4.78, 5) is 11.9. The molecule has 18 heavy (non-hydrogen) atoms. The molecule has 0 bridgehead atoms. The van der Waals surface area contributed by atoms with Crippen molar-refractivity contribution in [2.24, 2.45) is 0 Å². The number of nitrogens with zero attached hydrogens (tertiary/aromatic N) is 1. The summed E-state index contributed by atoms with van der Waals surface area (Å²) in [6.45, 7) is 2.02. The molecule has 92 valence electrons. The molecule has 0 spiro atoms. The van der Waals surface area contributed by atoms with E-state index >= 15 is 0 Å². The summed E-state index contributed by atoms with van der Waals surface area (Å²) in [7, 11) is 0. The highest BCUT2D eigenvalue weighted by Gasteiger charge is 2.23. The van der Waals surface area contributed by atoms with E-state index in [1.807, 2.05) is 37.3 Å². The Balaban J connectivity index is 2.25. The molecule has 0 fully saturated rings. The minimum Gasteiger partial charge on any atom is -0.316 e. The van der Waals surface area contributed by atoms with Crippen molar-refractivity contribution in [2.45, 2.75) is 26.2 Å². The number of hydrogen-bond donors (Lipinski definition) is 0. The highest BCUT2D eigenvalue weighted by molar-refractivity contribution is 6.32. The number of para-hydroxylation sites is 1. The van der Waals surface area contributed by atoms with Crippen LogP contribution in [0.25, 0.3) is 5.69 Å². The normalized spacial score (nSPS) is 14.7. The van der Waals surface area contributed by atoms with Crippen molar-refractivity contribution in [1.82, 2.24) is 4.57 Å². The second-order valence-corrected chi connectivity index (χ2v) is 5.12. The summed E-state index contributed by atoms with van der Waals surface area (Å²) in [5.41, 5.74) is 4.02. The molecule has 1 aromatic heterocycles. The number of halogens is 1. The van der Waals surface area contributed by atoms with Crippen LogP contribution in [-0.4, -0.2) is 10.4 Å². The van der Waals surface area contributed by atoms with E-state index in [0.717, 1.165) is 40.5 Å². The SMILES string of the molecule is Cc1cc2c(n1-c1ccccc1Cl)CCCC2=O. The molecule has 0 amide bonds. The number of aromatic nitrogens is 1. The first kappa shape index (κ1) is 11.5. The third-order valence-corrected chi connectivity index (χ3v) is 3.82. The average molecular weight is 260 g/mol. The van der Waals surface area contributed by atoms with E-state index in [0.29, 0.717) is 6.42 Å². The van der Waals surface area contributed by atoms with Gasteiger partial charge >= 0.3 is 0 Å². The first-order valence-electron chi connectivity index (χ1n) is 6.18. The van der Waals surface area contributed by atoms with E-state index in [1.165, 1.54) is 0 Å². The zero-order chi connectivity index (χ0) is 12.7. The van der Waals surface area contributed by atoms with Crippen molar-refractivity contribution < 1.29 is 4.79 Å². The molecule has 3 heteroatoms. The van der Waals surface area contributed by atoms with Crippen molar-refractivity contribution in [3.8, 4) is 5.69 Å². The standard InChI is InChI=1S/C15H14ClNO/c1-10-9-11-13(7-4-8-15(11)18)17(10)14-6-3-2-5-12(14)16/h2-3,5-6,9H,4,7-8H2,1H3. The van der Waals surface area contributed by atoms with E-state index in [4.69, 9.17) is 11.6 Å². The van der Waals surface area contributed by atoms with Gasteiger partial charge in [0.2, 0.25) is 0 Å². The highest BCUT2D eigenvalue weighted by atomic mass is 35.5. The summed E-state index contributed by atoms with van der Waals surface area (Å²) in [5.74, 6) is 0.255. The Bertz CT molecular complexity index is 627. The van der Waals surface area contributed by atoms with Crippen LogP contribution in [0.3, 0.4) is 0 Å². The molecule has 0 saturated heterocycles. The maximum atomic E-state index is 11.9. The predicted octanol–water partition coefficient (Wildman–Crippen LogP) is 3.96. The van der Waals surface area contributed by atoms with Crippen LogP contribution in [0.1, 0.15) is 34.6 Å². The molecule has 1 aromatic carbocycles. The second-order valence-electron chi connectivity index (χ2n) is 4.71. The Kier molecular flexibility index (Phi) is 2.75. The van der Waals surface area contributed by atoms with Gasteiger partial charge in [0.05, 0.1) is 10.7 Å². The van der Waals surface area contributed by atoms with Gasteiger partial charge in [-0.2, -0.15) is 0 Å². The molecule has 0 aliphatic heterocycles. The molecule has 1 aliphatic rings. The van der Waals surface area contributed by atoms with Gasteiger partial charge in [0.15, 0.2) is 5.78 Å². The minimum atomic E-state index is 0.255. The summed E-state index contributed by atoms with van der Waals surface area (Å²) >= 11 is 6.26. The fourth-order valence-corrected chi connectivity index (χ4v) is 2.92.